The molecule has 1 N–H and O–H groups in total. The van der Waals surface area contributed by atoms with Crippen LogP contribution in [0.1, 0.15) is 40.2 Å². The number of carbonyl (C=O) groups is 1. The highest BCUT2D eigenvalue weighted by atomic mass is 16.1. The number of rotatable bonds is 7. The zero-order valence-electron chi connectivity index (χ0n) is 21.9. The summed E-state index contributed by atoms with van der Waals surface area (Å²) < 4.78 is 1.92. The van der Waals surface area contributed by atoms with Crippen LogP contribution in [0, 0.1) is 0 Å². The molecule has 0 unspecified atom stereocenters. The van der Waals surface area contributed by atoms with E-state index in [0.717, 1.165) is 36.6 Å². The molecular weight excluding hydrogens is 480 g/mol. The quantitative estimate of drug-likeness (QED) is 0.251. The molecule has 1 fully saturated rings. The highest BCUT2D eigenvalue weighted by Crippen LogP contribution is 2.29. The molecule has 0 saturated carbocycles. The zero-order valence-corrected chi connectivity index (χ0v) is 21.9. The van der Waals surface area contributed by atoms with Crippen molar-refractivity contribution < 1.29 is 4.79 Å². The fraction of sp³-hybridized carbons (Fsp3) is 0.176. The monoisotopic (exact) mass is 512 g/mol. The van der Waals surface area contributed by atoms with Crippen LogP contribution in [0.4, 0.5) is 5.95 Å². The Kier molecular flexibility index (Phi) is 7.32. The van der Waals surface area contributed by atoms with Crippen molar-refractivity contribution >= 4 is 11.9 Å². The van der Waals surface area contributed by atoms with E-state index in [2.05, 4.69) is 52.7 Å². The molecule has 5 aromatic rings. The predicted octanol–water partition coefficient (Wildman–Crippen LogP) is 7.17. The molecule has 2 heterocycles. The molecule has 1 amide bonds. The third kappa shape index (κ3) is 5.84. The minimum absolute atomic E-state index is 0.174. The second kappa shape index (κ2) is 11.5. The normalized spacial score (nSPS) is 14.3. The van der Waals surface area contributed by atoms with Crippen LogP contribution in [-0.2, 0) is 6.54 Å². The number of hydrogen-bond donors (Lipinski definition) is 1. The van der Waals surface area contributed by atoms with Gasteiger partial charge in [-0.1, -0.05) is 91.0 Å². The number of hydrogen-bond acceptors (Lipinski definition) is 3. The number of nitrogens with zero attached hydrogens (tertiary/aromatic N) is 3. The summed E-state index contributed by atoms with van der Waals surface area (Å²) in [6.45, 7) is 3.09. The topological polar surface area (TPSA) is 50.2 Å². The van der Waals surface area contributed by atoms with Gasteiger partial charge in [0.15, 0.2) is 0 Å². The molecule has 1 aliphatic rings. The summed E-state index contributed by atoms with van der Waals surface area (Å²) in [6.07, 6.45) is 4.33. The lowest BCUT2D eigenvalue weighted by Crippen LogP contribution is -2.32. The van der Waals surface area contributed by atoms with Gasteiger partial charge in [0, 0.05) is 29.6 Å². The van der Waals surface area contributed by atoms with Crippen molar-refractivity contribution in [3.63, 3.8) is 0 Å². The summed E-state index contributed by atoms with van der Waals surface area (Å²) in [7, 11) is 0. The number of benzene rings is 4. The molecule has 0 aliphatic carbocycles. The number of piperidine rings is 1. The first-order valence-electron chi connectivity index (χ1n) is 13.6. The predicted molar refractivity (Wildman–Crippen MR) is 157 cm³/mol. The molecule has 1 aromatic heterocycles. The molecule has 0 atom stereocenters. The van der Waals surface area contributed by atoms with Gasteiger partial charge in [-0.2, -0.15) is 0 Å². The fourth-order valence-corrected chi connectivity index (χ4v) is 5.34. The van der Waals surface area contributed by atoms with Crippen molar-refractivity contribution in [1.29, 1.82) is 0 Å². The molecule has 1 aliphatic heterocycles. The lowest BCUT2D eigenvalue weighted by atomic mass is 9.89. The summed E-state index contributed by atoms with van der Waals surface area (Å²) in [5.74, 6) is 0.974. The smallest absolute Gasteiger partial charge is 0.257 e. The number of amides is 1. The second-order valence-electron chi connectivity index (χ2n) is 10.1. The maximum atomic E-state index is 13.2. The Morgan fingerprint density at radius 2 is 1.38 bits per heavy atom. The van der Waals surface area contributed by atoms with E-state index in [4.69, 9.17) is 4.98 Å². The number of para-hydroxylation sites is 1. The van der Waals surface area contributed by atoms with Gasteiger partial charge < -0.3 is 0 Å². The summed E-state index contributed by atoms with van der Waals surface area (Å²) in [6, 6.07) is 38.8. The zero-order chi connectivity index (χ0) is 26.4. The molecular formula is C34H32N4O. The third-order valence-electron chi connectivity index (χ3n) is 7.52. The molecule has 6 rings (SSSR count). The Morgan fingerprint density at radius 3 is 2.05 bits per heavy atom. The Labute approximate surface area is 229 Å². The highest BCUT2D eigenvalue weighted by molar-refractivity contribution is 6.03. The summed E-state index contributed by atoms with van der Waals surface area (Å²) >= 11 is 0. The second-order valence-corrected chi connectivity index (χ2v) is 10.1. The molecule has 1 saturated heterocycles. The van der Waals surface area contributed by atoms with Gasteiger partial charge in [0.1, 0.15) is 0 Å². The van der Waals surface area contributed by atoms with Crippen LogP contribution < -0.4 is 5.32 Å². The molecule has 0 radical (unpaired) electrons. The van der Waals surface area contributed by atoms with Crippen LogP contribution in [-0.4, -0.2) is 33.4 Å². The standard InChI is InChI=1S/C34H32N4O/c39-33(36-34-35-32(29-12-6-2-7-13-29)25-38(34)31-14-8-3-9-15-31)30-18-16-26(17-19-30)24-37-22-20-28(21-23-37)27-10-4-1-5-11-27/h1-19,25,28H,20-24H2,(H,35,36,39). The Balaban J connectivity index is 1.12. The average Bonchev–Trinajstić information content (AvgIpc) is 3.43. The van der Waals surface area contributed by atoms with Gasteiger partial charge in [-0.05, 0) is 67.2 Å². The van der Waals surface area contributed by atoms with E-state index in [-0.39, 0.29) is 5.91 Å². The van der Waals surface area contributed by atoms with Gasteiger partial charge >= 0.3 is 0 Å². The van der Waals surface area contributed by atoms with Crippen LogP contribution in [0.5, 0.6) is 0 Å². The van der Waals surface area contributed by atoms with E-state index in [0.29, 0.717) is 17.4 Å². The van der Waals surface area contributed by atoms with Gasteiger partial charge in [-0.25, -0.2) is 4.98 Å². The third-order valence-corrected chi connectivity index (χ3v) is 7.52. The lowest BCUT2D eigenvalue weighted by molar-refractivity contribution is 0.102. The Morgan fingerprint density at radius 1 is 0.769 bits per heavy atom. The van der Waals surface area contributed by atoms with E-state index >= 15 is 0 Å². The van der Waals surface area contributed by atoms with Crippen LogP contribution in [0.3, 0.4) is 0 Å². The van der Waals surface area contributed by atoms with Crippen molar-refractivity contribution in [3.05, 3.63) is 138 Å². The first-order valence-corrected chi connectivity index (χ1v) is 13.6. The molecule has 39 heavy (non-hydrogen) atoms. The molecule has 5 nitrogen and oxygen atoms in total. The minimum Gasteiger partial charge on any atom is -0.299 e. The van der Waals surface area contributed by atoms with Crippen molar-refractivity contribution in [2.24, 2.45) is 0 Å². The largest absolute Gasteiger partial charge is 0.299 e. The van der Waals surface area contributed by atoms with Crippen LogP contribution >= 0.6 is 0 Å². The Bertz CT molecular complexity index is 1500. The van der Waals surface area contributed by atoms with Gasteiger partial charge in [0.25, 0.3) is 5.91 Å². The molecule has 4 aromatic carbocycles. The fourth-order valence-electron chi connectivity index (χ4n) is 5.34. The van der Waals surface area contributed by atoms with Gasteiger partial charge in [-0.15, -0.1) is 0 Å². The molecule has 0 spiro atoms. The van der Waals surface area contributed by atoms with E-state index < -0.39 is 0 Å². The summed E-state index contributed by atoms with van der Waals surface area (Å²) in [5.41, 5.74) is 6.04. The number of aromatic nitrogens is 2. The summed E-state index contributed by atoms with van der Waals surface area (Å²) in [5, 5.41) is 3.04. The number of likely N-dealkylation sites (tertiary alicyclic amines) is 1. The van der Waals surface area contributed by atoms with Crippen molar-refractivity contribution in [2.45, 2.75) is 25.3 Å². The number of anilines is 1. The first kappa shape index (κ1) is 24.8. The number of nitrogens with one attached hydrogen (secondary N) is 1. The maximum Gasteiger partial charge on any atom is 0.257 e. The average molecular weight is 513 g/mol. The summed E-state index contributed by atoms with van der Waals surface area (Å²) in [4.78, 5) is 20.5. The van der Waals surface area contributed by atoms with Crippen molar-refractivity contribution in [3.8, 4) is 16.9 Å². The SMILES string of the molecule is O=C(Nc1nc(-c2ccccc2)cn1-c1ccccc1)c1ccc(CN2CCC(c3ccccc3)CC2)cc1. The first-order chi connectivity index (χ1) is 19.2. The van der Waals surface area contributed by atoms with Crippen LogP contribution in [0.25, 0.3) is 16.9 Å². The molecule has 5 heteroatoms. The Hall–Kier alpha value is -4.48. The highest BCUT2D eigenvalue weighted by Gasteiger charge is 2.21. The van der Waals surface area contributed by atoms with E-state index in [1.165, 1.54) is 24.0 Å². The number of carbonyl (C=O) groups excluding carboxylic acids is 1. The van der Waals surface area contributed by atoms with Gasteiger partial charge in [0.05, 0.1) is 5.69 Å². The molecule has 0 bridgehead atoms. The van der Waals surface area contributed by atoms with Crippen LogP contribution in [0.2, 0.25) is 0 Å². The van der Waals surface area contributed by atoms with E-state index in [1.54, 1.807) is 0 Å². The lowest BCUT2D eigenvalue weighted by Gasteiger charge is -2.32. The number of imidazole rings is 1. The van der Waals surface area contributed by atoms with Crippen LogP contribution in [0.15, 0.2) is 121 Å². The maximum absolute atomic E-state index is 13.2. The van der Waals surface area contributed by atoms with Gasteiger partial charge in [-0.3, -0.25) is 19.6 Å². The van der Waals surface area contributed by atoms with Crippen molar-refractivity contribution in [1.82, 2.24) is 14.5 Å². The minimum atomic E-state index is -0.174. The van der Waals surface area contributed by atoms with E-state index in [9.17, 15) is 4.79 Å². The molecule has 194 valence electrons. The van der Waals surface area contributed by atoms with Gasteiger partial charge in [0.2, 0.25) is 5.95 Å². The van der Waals surface area contributed by atoms with E-state index in [1.807, 2.05) is 83.6 Å². The van der Waals surface area contributed by atoms with Crippen molar-refractivity contribution in [2.75, 3.05) is 18.4 Å².